The van der Waals surface area contributed by atoms with Gasteiger partial charge in [-0.3, -0.25) is 0 Å². The maximum absolute atomic E-state index is 6.03. The molecule has 0 spiro atoms. The van der Waals surface area contributed by atoms with Crippen molar-refractivity contribution in [1.29, 1.82) is 0 Å². The van der Waals surface area contributed by atoms with E-state index in [1.165, 1.54) is 16.7 Å². The Bertz CT molecular complexity index is 854. The van der Waals surface area contributed by atoms with Crippen LogP contribution in [0.1, 0.15) is 37.5 Å². The fourth-order valence-corrected chi connectivity index (χ4v) is 5.46. The molecule has 6 heteroatoms. The van der Waals surface area contributed by atoms with E-state index >= 15 is 0 Å². The minimum Gasteiger partial charge on any atom is -0.131 e. The van der Waals surface area contributed by atoms with Crippen molar-refractivity contribution in [2.24, 2.45) is 0 Å². The number of benzene rings is 2. The first kappa shape index (κ1) is 19.7. The topological polar surface area (TPSA) is 25.8 Å². The van der Waals surface area contributed by atoms with Crippen LogP contribution >= 0.6 is 46.5 Å². The molecule has 26 heavy (non-hydrogen) atoms. The Kier molecular flexibility index (Phi) is 6.67. The Morgan fingerprint density at radius 2 is 1.50 bits per heavy atom. The quantitative estimate of drug-likeness (QED) is 0.398. The zero-order valence-electron chi connectivity index (χ0n) is 15.0. The van der Waals surface area contributed by atoms with Crippen LogP contribution in [0.3, 0.4) is 0 Å². The lowest BCUT2D eigenvalue weighted by molar-refractivity contribution is 0.590. The van der Waals surface area contributed by atoms with Crippen LogP contribution in [-0.2, 0) is 16.9 Å². The lowest BCUT2D eigenvalue weighted by Crippen LogP contribution is -2.10. The van der Waals surface area contributed by atoms with Crippen LogP contribution in [0.5, 0.6) is 0 Å². The fourth-order valence-electron chi connectivity index (χ4n) is 2.33. The third-order valence-electron chi connectivity index (χ3n) is 3.82. The second-order valence-electron chi connectivity index (χ2n) is 6.99. The maximum Gasteiger partial charge on any atom is 0.175 e. The van der Waals surface area contributed by atoms with Crippen molar-refractivity contribution in [3.63, 3.8) is 0 Å². The summed E-state index contributed by atoms with van der Waals surface area (Å²) >= 11 is 11.1. The summed E-state index contributed by atoms with van der Waals surface area (Å²) in [6, 6.07) is 16.8. The first-order valence-corrected chi connectivity index (χ1v) is 11.5. The molecule has 3 aromatic rings. The van der Waals surface area contributed by atoms with Crippen LogP contribution in [0.25, 0.3) is 0 Å². The van der Waals surface area contributed by atoms with Crippen molar-refractivity contribution in [2.75, 3.05) is 0 Å². The summed E-state index contributed by atoms with van der Waals surface area (Å²) in [4.78, 5) is 0. The molecular formula is C20H21ClN2S3. The number of aromatic nitrogens is 2. The van der Waals surface area contributed by atoms with Crippen molar-refractivity contribution in [3.05, 3.63) is 70.2 Å². The van der Waals surface area contributed by atoms with Gasteiger partial charge in [0.15, 0.2) is 8.68 Å². The molecule has 136 valence electrons. The highest BCUT2D eigenvalue weighted by atomic mass is 35.5. The average molecular weight is 421 g/mol. The summed E-state index contributed by atoms with van der Waals surface area (Å²) in [5.74, 6) is 1.77. The summed E-state index contributed by atoms with van der Waals surface area (Å²) < 4.78 is 2.01. The van der Waals surface area contributed by atoms with E-state index in [0.717, 1.165) is 25.2 Å². The monoisotopic (exact) mass is 420 g/mol. The Labute approximate surface area is 172 Å². The van der Waals surface area contributed by atoms with Gasteiger partial charge in [-0.15, -0.1) is 10.2 Å². The van der Waals surface area contributed by atoms with E-state index in [9.17, 15) is 0 Å². The largest absolute Gasteiger partial charge is 0.175 e. The standard InChI is InChI=1S/C20H21ClN2S3/c1-20(2,3)16-9-7-14(8-10-16)12-24-18-22-23-19(26-18)25-13-15-5-4-6-17(21)11-15/h4-11H,12-13H2,1-3H3. The van der Waals surface area contributed by atoms with E-state index in [-0.39, 0.29) is 5.41 Å². The third kappa shape index (κ3) is 5.74. The molecule has 0 aliphatic heterocycles. The van der Waals surface area contributed by atoms with Crippen LogP contribution in [0, 0.1) is 0 Å². The minimum atomic E-state index is 0.194. The van der Waals surface area contributed by atoms with E-state index in [1.807, 2.05) is 18.2 Å². The average Bonchev–Trinajstić information content (AvgIpc) is 3.06. The predicted octanol–water partition coefficient (Wildman–Crippen LogP) is 7.07. The second kappa shape index (κ2) is 8.79. The van der Waals surface area contributed by atoms with E-state index in [4.69, 9.17) is 11.6 Å². The molecule has 0 bridgehead atoms. The van der Waals surface area contributed by atoms with Crippen molar-refractivity contribution < 1.29 is 0 Å². The molecule has 3 rings (SSSR count). The van der Waals surface area contributed by atoms with Gasteiger partial charge in [0.25, 0.3) is 0 Å². The van der Waals surface area contributed by atoms with Gasteiger partial charge in [-0.2, -0.15) is 0 Å². The summed E-state index contributed by atoms with van der Waals surface area (Å²) in [5, 5.41) is 9.36. The Morgan fingerprint density at radius 3 is 2.08 bits per heavy atom. The van der Waals surface area contributed by atoms with Crippen LogP contribution in [0.2, 0.25) is 5.02 Å². The van der Waals surface area contributed by atoms with Gasteiger partial charge < -0.3 is 0 Å². The van der Waals surface area contributed by atoms with E-state index in [2.05, 4.69) is 61.3 Å². The van der Waals surface area contributed by atoms with Crippen LogP contribution in [0.4, 0.5) is 0 Å². The molecule has 1 aromatic heterocycles. The maximum atomic E-state index is 6.03. The molecule has 0 amide bonds. The van der Waals surface area contributed by atoms with E-state index in [0.29, 0.717) is 0 Å². The van der Waals surface area contributed by atoms with Gasteiger partial charge in [0, 0.05) is 16.5 Å². The molecule has 0 radical (unpaired) electrons. The minimum absolute atomic E-state index is 0.194. The molecule has 1 heterocycles. The van der Waals surface area contributed by atoms with Gasteiger partial charge in [-0.1, -0.05) is 104 Å². The van der Waals surface area contributed by atoms with Gasteiger partial charge in [0.2, 0.25) is 0 Å². The van der Waals surface area contributed by atoms with Crippen molar-refractivity contribution in [1.82, 2.24) is 10.2 Å². The van der Waals surface area contributed by atoms with Gasteiger partial charge in [-0.05, 0) is 34.2 Å². The molecule has 0 aliphatic rings. The summed E-state index contributed by atoms with van der Waals surface area (Å²) in [6.45, 7) is 6.71. The molecule has 0 atom stereocenters. The van der Waals surface area contributed by atoms with Crippen molar-refractivity contribution >= 4 is 46.5 Å². The predicted molar refractivity (Wildman–Crippen MR) is 116 cm³/mol. The third-order valence-corrected chi connectivity index (χ3v) is 7.39. The zero-order chi connectivity index (χ0) is 18.6. The number of thioether (sulfide) groups is 2. The number of hydrogen-bond acceptors (Lipinski definition) is 5. The molecule has 2 nitrogen and oxygen atoms in total. The molecule has 0 N–H and O–H groups in total. The normalized spacial score (nSPS) is 11.7. The van der Waals surface area contributed by atoms with Gasteiger partial charge in [-0.25, -0.2) is 0 Å². The van der Waals surface area contributed by atoms with E-state index in [1.54, 1.807) is 34.9 Å². The lowest BCUT2D eigenvalue weighted by Gasteiger charge is -2.19. The van der Waals surface area contributed by atoms with Gasteiger partial charge >= 0.3 is 0 Å². The summed E-state index contributed by atoms with van der Waals surface area (Å²) in [5.41, 5.74) is 4.07. The number of hydrogen-bond donors (Lipinski definition) is 0. The fraction of sp³-hybridized carbons (Fsp3) is 0.300. The first-order valence-electron chi connectivity index (χ1n) is 8.33. The Morgan fingerprint density at radius 1 is 0.885 bits per heavy atom. The summed E-state index contributed by atoms with van der Waals surface area (Å²) in [6.07, 6.45) is 0. The number of rotatable bonds is 6. The van der Waals surface area contributed by atoms with Crippen molar-refractivity contribution in [3.8, 4) is 0 Å². The highest BCUT2D eigenvalue weighted by molar-refractivity contribution is 8.02. The highest BCUT2D eigenvalue weighted by Gasteiger charge is 2.13. The lowest BCUT2D eigenvalue weighted by atomic mass is 9.87. The van der Waals surface area contributed by atoms with Crippen LogP contribution in [-0.4, -0.2) is 10.2 Å². The molecule has 0 saturated heterocycles. The molecule has 0 aliphatic carbocycles. The molecule has 0 fully saturated rings. The highest BCUT2D eigenvalue weighted by Crippen LogP contribution is 2.33. The number of nitrogens with zero attached hydrogens (tertiary/aromatic N) is 2. The summed E-state index contributed by atoms with van der Waals surface area (Å²) in [7, 11) is 0. The van der Waals surface area contributed by atoms with Crippen LogP contribution in [0.15, 0.2) is 57.2 Å². The van der Waals surface area contributed by atoms with E-state index < -0.39 is 0 Å². The molecule has 0 unspecified atom stereocenters. The molecule has 2 aromatic carbocycles. The Hall–Kier alpha value is -1.01. The second-order valence-corrected chi connectivity index (χ2v) is 10.8. The van der Waals surface area contributed by atoms with Crippen LogP contribution < -0.4 is 0 Å². The van der Waals surface area contributed by atoms with Gasteiger partial charge in [0.05, 0.1) is 0 Å². The number of halogens is 1. The smallest absolute Gasteiger partial charge is 0.131 e. The first-order chi connectivity index (χ1) is 12.4. The van der Waals surface area contributed by atoms with Gasteiger partial charge in [0.1, 0.15) is 0 Å². The zero-order valence-corrected chi connectivity index (χ0v) is 18.2. The van der Waals surface area contributed by atoms with Crippen molar-refractivity contribution in [2.45, 2.75) is 46.4 Å². The Balaban J connectivity index is 1.52. The molecule has 0 saturated carbocycles. The SMILES string of the molecule is CC(C)(C)c1ccc(CSc2nnc(SCc3cccc(Cl)c3)s2)cc1. The molecular weight excluding hydrogens is 400 g/mol.